The number of halogens is 2. The number of Topliss-reactive ketones (excluding diaryl/α,β-unsaturated/α-hetero) is 1. The van der Waals surface area contributed by atoms with Gasteiger partial charge in [-0.15, -0.1) is 0 Å². The average Bonchev–Trinajstić information content (AvgIpc) is 3.04. The second-order valence-corrected chi connectivity index (χ2v) is 9.20. The van der Waals surface area contributed by atoms with Gasteiger partial charge in [-0.1, -0.05) is 58.8 Å². The lowest BCUT2D eigenvalue weighted by Crippen LogP contribution is -2.40. The molecular formula is C23H16Cl2N2O2S. The minimum absolute atomic E-state index is 0.0620. The van der Waals surface area contributed by atoms with Crippen molar-refractivity contribution in [2.75, 3.05) is 0 Å². The van der Waals surface area contributed by atoms with E-state index < -0.39 is 6.04 Å². The minimum atomic E-state index is -0.478. The Kier molecular flexibility index (Phi) is 4.97. The van der Waals surface area contributed by atoms with Crippen LogP contribution in [0.2, 0.25) is 10.0 Å². The highest BCUT2D eigenvalue weighted by Gasteiger charge is 2.34. The fourth-order valence-electron chi connectivity index (χ4n) is 3.98. The molecule has 4 nitrogen and oxygen atoms in total. The summed E-state index contributed by atoms with van der Waals surface area (Å²) in [6, 6.07) is 14.2. The van der Waals surface area contributed by atoms with Crippen LogP contribution in [0.15, 0.2) is 69.6 Å². The van der Waals surface area contributed by atoms with Crippen LogP contribution in [0.4, 0.5) is 0 Å². The molecule has 1 atom stereocenters. The Morgan fingerprint density at radius 3 is 2.33 bits per heavy atom. The Morgan fingerprint density at radius 1 is 0.967 bits per heavy atom. The number of rotatable bonds is 2. The molecule has 2 aromatic carbocycles. The van der Waals surface area contributed by atoms with Crippen molar-refractivity contribution in [1.29, 1.82) is 0 Å². The predicted molar refractivity (Wildman–Crippen MR) is 120 cm³/mol. The standard InChI is InChI=1S/C23H16Cl2N2O2S/c24-15-8-4-13(5-9-15)12-19-22(29)27-21(14-6-10-16(25)11-7-14)20-17(26-23(27)30-19)2-1-3-18(20)28/h4-12,21H,1-3H2. The van der Waals surface area contributed by atoms with Gasteiger partial charge in [0.25, 0.3) is 5.56 Å². The summed E-state index contributed by atoms with van der Waals surface area (Å²) in [5.41, 5.74) is 3.02. The van der Waals surface area contributed by atoms with E-state index in [9.17, 15) is 9.59 Å². The predicted octanol–water partition coefficient (Wildman–Crippen LogP) is 4.28. The van der Waals surface area contributed by atoms with Crippen molar-refractivity contribution in [2.24, 2.45) is 4.99 Å². The molecule has 0 N–H and O–H groups in total. The molecule has 0 radical (unpaired) electrons. The number of hydrogen-bond acceptors (Lipinski definition) is 4. The third-order valence-electron chi connectivity index (χ3n) is 5.38. The fraction of sp³-hybridized carbons (Fsp3) is 0.174. The van der Waals surface area contributed by atoms with Crippen LogP contribution in [0.25, 0.3) is 6.08 Å². The van der Waals surface area contributed by atoms with E-state index >= 15 is 0 Å². The lowest BCUT2D eigenvalue weighted by atomic mass is 9.86. The molecule has 0 amide bonds. The topological polar surface area (TPSA) is 51.4 Å². The second-order valence-electron chi connectivity index (χ2n) is 7.32. The maximum atomic E-state index is 13.4. The molecule has 1 aromatic heterocycles. The smallest absolute Gasteiger partial charge is 0.271 e. The Labute approximate surface area is 186 Å². The third kappa shape index (κ3) is 3.37. The highest BCUT2D eigenvalue weighted by atomic mass is 35.5. The molecule has 5 rings (SSSR count). The minimum Gasteiger partial charge on any atom is -0.294 e. The lowest BCUT2D eigenvalue weighted by Gasteiger charge is -2.28. The Bertz CT molecular complexity index is 1370. The molecule has 0 bridgehead atoms. The summed E-state index contributed by atoms with van der Waals surface area (Å²) >= 11 is 13.4. The number of benzene rings is 2. The van der Waals surface area contributed by atoms with E-state index in [1.54, 1.807) is 28.8 Å². The molecule has 30 heavy (non-hydrogen) atoms. The van der Waals surface area contributed by atoms with Crippen molar-refractivity contribution in [3.05, 3.63) is 101 Å². The zero-order valence-electron chi connectivity index (χ0n) is 15.8. The summed E-state index contributed by atoms with van der Waals surface area (Å²) in [6.45, 7) is 0. The zero-order valence-corrected chi connectivity index (χ0v) is 18.1. The quantitative estimate of drug-likeness (QED) is 0.580. The van der Waals surface area contributed by atoms with Gasteiger partial charge in [-0.05, 0) is 54.3 Å². The number of hydrogen-bond donors (Lipinski definition) is 0. The Hall–Kier alpha value is -2.47. The van der Waals surface area contributed by atoms with Gasteiger partial charge in [-0.2, -0.15) is 0 Å². The van der Waals surface area contributed by atoms with Gasteiger partial charge in [0.15, 0.2) is 10.6 Å². The molecule has 2 heterocycles. The first-order chi connectivity index (χ1) is 14.5. The van der Waals surface area contributed by atoms with Crippen molar-refractivity contribution in [1.82, 2.24) is 4.57 Å². The second kappa shape index (κ2) is 7.65. The van der Waals surface area contributed by atoms with Crippen LogP contribution in [0.5, 0.6) is 0 Å². The van der Waals surface area contributed by atoms with Gasteiger partial charge in [0.1, 0.15) is 0 Å². The van der Waals surface area contributed by atoms with Crippen LogP contribution < -0.4 is 14.9 Å². The molecule has 0 saturated heterocycles. The molecule has 7 heteroatoms. The van der Waals surface area contributed by atoms with Crippen LogP contribution in [0.1, 0.15) is 36.4 Å². The highest BCUT2D eigenvalue weighted by Crippen LogP contribution is 2.36. The maximum absolute atomic E-state index is 13.4. The number of ketones is 1. The monoisotopic (exact) mass is 454 g/mol. The highest BCUT2D eigenvalue weighted by molar-refractivity contribution is 7.07. The van der Waals surface area contributed by atoms with E-state index in [0.717, 1.165) is 29.7 Å². The Balaban J connectivity index is 1.75. The summed E-state index contributed by atoms with van der Waals surface area (Å²) in [7, 11) is 0. The van der Waals surface area contributed by atoms with E-state index in [2.05, 4.69) is 0 Å². The summed E-state index contributed by atoms with van der Waals surface area (Å²) in [4.78, 5) is 31.6. The number of thiazole rings is 1. The van der Waals surface area contributed by atoms with Gasteiger partial charge in [0, 0.05) is 22.0 Å². The van der Waals surface area contributed by atoms with Crippen LogP contribution in [-0.4, -0.2) is 10.4 Å². The SMILES string of the molecule is O=C1CCCC2=C1C(c1ccc(Cl)cc1)n1c(sc(=Cc3ccc(Cl)cc3)c1=O)=N2. The molecule has 3 aromatic rings. The van der Waals surface area contributed by atoms with Gasteiger partial charge in [-0.3, -0.25) is 14.2 Å². The largest absolute Gasteiger partial charge is 0.294 e. The molecule has 150 valence electrons. The first kappa shape index (κ1) is 19.5. The molecular weight excluding hydrogens is 439 g/mol. The Morgan fingerprint density at radius 2 is 1.63 bits per heavy atom. The molecule has 1 aliphatic heterocycles. The van der Waals surface area contributed by atoms with Gasteiger partial charge < -0.3 is 0 Å². The van der Waals surface area contributed by atoms with Gasteiger partial charge in [-0.25, -0.2) is 4.99 Å². The molecule has 1 unspecified atom stereocenters. The number of aromatic nitrogens is 1. The maximum Gasteiger partial charge on any atom is 0.271 e. The summed E-state index contributed by atoms with van der Waals surface area (Å²) in [6.07, 6.45) is 3.85. The lowest BCUT2D eigenvalue weighted by molar-refractivity contribution is -0.116. The molecule has 1 aliphatic carbocycles. The number of fused-ring (bicyclic) bond motifs is 1. The van der Waals surface area contributed by atoms with E-state index in [1.807, 2.05) is 30.3 Å². The zero-order chi connectivity index (χ0) is 20.8. The first-order valence-corrected chi connectivity index (χ1v) is 11.2. The van der Waals surface area contributed by atoms with Crippen LogP contribution in [0, 0.1) is 0 Å². The molecule has 0 spiro atoms. The average molecular weight is 455 g/mol. The number of carbonyl (C=O) groups excluding carboxylic acids is 1. The van der Waals surface area contributed by atoms with Crippen molar-refractivity contribution >= 4 is 46.4 Å². The van der Waals surface area contributed by atoms with Crippen molar-refractivity contribution in [2.45, 2.75) is 25.3 Å². The summed E-state index contributed by atoms with van der Waals surface area (Å²) in [5, 5.41) is 1.25. The summed E-state index contributed by atoms with van der Waals surface area (Å²) in [5.74, 6) is 0.0620. The molecule has 0 saturated carbocycles. The first-order valence-electron chi connectivity index (χ1n) is 9.60. The molecule has 0 fully saturated rings. The van der Waals surface area contributed by atoms with Gasteiger partial charge in [0.2, 0.25) is 0 Å². The fourth-order valence-corrected chi connectivity index (χ4v) is 5.25. The van der Waals surface area contributed by atoms with Gasteiger partial charge in [0.05, 0.1) is 16.3 Å². The van der Waals surface area contributed by atoms with E-state index in [-0.39, 0.29) is 11.3 Å². The van der Waals surface area contributed by atoms with E-state index in [0.29, 0.717) is 31.4 Å². The van der Waals surface area contributed by atoms with Crippen LogP contribution in [0.3, 0.4) is 0 Å². The van der Waals surface area contributed by atoms with E-state index in [1.165, 1.54) is 11.3 Å². The van der Waals surface area contributed by atoms with Crippen molar-refractivity contribution in [3.63, 3.8) is 0 Å². The van der Waals surface area contributed by atoms with E-state index in [4.69, 9.17) is 28.2 Å². The summed E-state index contributed by atoms with van der Waals surface area (Å²) < 4.78 is 2.22. The number of nitrogens with zero attached hydrogens (tertiary/aromatic N) is 2. The normalized spacial score (nSPS) is 18.8. The van der Waals surface area contributed by atoms with Crippen LogP contribution >= 0.6 is 34.5 Å². The molecule has 2 aliphatic rings. The van der Waals surface area contributed by atoms with Crippen molar-refractivity contribution < 1.29 is 4.79 Å². The third-order valence-corrected chi connectivity index (χ3v) is 6.87. The van der Waals surface area contributed by atoms with Crippen LogP contribution in [-0.2, 0) is 4.79 Å². The number of allylic oxidation sites excluding steroid dienone is 2. The van der Waals surface area contributed by atoms with Crippen molar-refractivity contribution in [3.8, 4) is 0 Å². The van der Waals surface area contributed by atoms with Gasteiger partial charge >= 0.3 is 0 Å². The number of carbonyl (C=O) groups is 1.